The van der Waals surface area contributed by atoms with Crippen LogP contribution >= 0.6 is 11.8 Å². The van der Waals surface area contributed by atoms with Gasteiger partial charge in [0.2, 0.25) is 15.9 Å². The van der Waals surface area contributed by atoms with Gasteiger partial charge in [0.05, 0.1) is 10.9 Å². The molecule has 234 valence electrons. The van der Waals surface area contributed by atoms with Crippen molar-refractivity contribution in [3.05, 3.63) is 90.5 Å². The van der Waals surface area contributed by atoms with Crippen LogP contribution in [0.1, 0.15) is 51.6 Å². The first kappa shape index (κ1) is 31.3. The van der Waals surface area contributed by atoms with Crippen LogP contribution in [0.15, 0.2) is 89.8 Å². The molecule has 0 spiro atoms. The van der Waals surface area contributed by atoms with E-state index in [4.69, 9.17) is 0 Å². The first-order chi connectivity index (χ1) is 21.2. The number of rotatable bonds is 11. The van der Waals surface area contributed by atoms with E-state index in [1.807, 2.05) is 72.8 Å². The van der Waals surface area contributed by atoms with Gasteiger partial charge in [-0.25, -0.2) is 8.42 Å². The predicted molar refractivity (Wildman–Crippen MR) is 179 cm³/mol. The Bertz CT molecular complexity index is 1530. The molecule has 8 heteroatoms. The summed E-state index contributed by atoms with van der Waals surface area (Å²) in [5, 5.41) is 6.13. The van der Waals surface area contributed by atoms with Gasteiger partial charge in [-0.15, -0.1) is 11.8 Å². The van der Waals surface area contributed by atoms with Crippen molar-refractivity contribution in [2.75, 3.05) is 25.4 Å². The van der Waals surface area contributed by atoms with Crippen LogP contribution in [-0.4, -0.2) is 49.4 Å². The molecule has 0 aromatic heterocycles. The Morgan fingerprint density at radius 2 is 1.61 bits per heavy atom. The molecule has 1 saturated heterocycles. The lowest BCUT2D eigenvalue weighted by molar-refractivity contribution is -0.127. The van der Waals surface area contributed by atoms with E-state index >= 15 is 0 Å². The minimum atomic E-state index is -3.84. The average molecular weight is 632 g/mol. The minimum Gasteiger partial charge on any atom is -0.347 e. The molecule has 3 aliphatic carbocycles. The molecule has 0 radical (unpaired) electrons. The fraction of sp³-hybridized carbons (Fsp3) is 0.472. The Morgan fingerprint density at radius 1 is 0.955 bits per heavy atom. The molecule has 6 nitrogen and oxygen atoms in total. The number of hydrogen-bond donors (Lipinski definition) is 2. The number of amides is 1. The van der Waals surface area contributed by atoms with E-state index in [2.05, 4.69) is 31.4 Å². The van der Waals surface area contributed by atoms with Gasteiger partial charge in [-0.05, 0) is 90.3 Å². The molecular formula is C36H45N3O3S2. The number of carbonyl (C=O) groups is 1. The van der Waals surface area contributed by atoms with Gasteiger partial charge in [0.1, 0.15) is 5.37 Å². The number of nitrogens with zero attached hydrogens (tertiary/aromatic N) is 1. The molecule has 4 aliphatic rings. The topological polar surface area (TPSA) is 78.5 Å². The highest BCUT2D eigenvalue weighted by atomic mass is 32.2. The summed E-state index contributed by atoms with van der Waals surface area (Å²) in [7, 11) is -3.84. The van der Waals surface area contributed by atoms with E-state index in [0.29, 0.717) is 23.6 Å². The van der Waals surface area contributed by atoms with E-state index in [9.17, 15) is 13.2 Å². The van der Waals surface area contributed by atoms with E-state index < -0.39 is 15.4 Å². The quantitative estimate of drug-likeness (QED) is 0.234. The summed E-state index contributed by atoms with van der Waals surface area (Å²) < 4.78 is 28.8. The third-order valence-electron chi connectivity index (χ3n) is 10.7. The van der Waals surface area contributed by atoms with E-state index in [1.54, 1.807) is 12.1 Å². The summed E-state index contributed by atoms with van der Waals surface area (Å²) in [6, 6.07) is 26.6. The van der Waals surface area contributed by atoms with E-state index in [0.717, 1.165) is 54.0 Å². The number of benzene rings is 3. The number of sulfonamides is 1. The van der Waals surface area contributed by atoms with Crippen LogP contribution in [0.4, 0.5) is 0 Å². The van der Waals surface area contributed by atoms with Gasteiger partial charge in [0.15, 0.2) is 0 Å². The normalized spacial score (nSPS) is 26.9. The van der Waals surface area contributed by atoms with Crippen molar-refractivity contribution in [3.63, 3.8) is 0 Å². The molecule has 2 unspecified atom stereocenters. The maximum atomic E-state index is 13.7. The second-order valence-electron chi connectivity index (χ2n) is 13.4. The van der Waals surface area contributed by atoms with Gasteiger partial charge in [-0.2, -0.15) is 4.31 Å². The van der Waals surface area contributed by atoms with Gasteiger partial charge in [-0.1, -0.05) is 93.6 Å². The average Bonchev–Trinajstić information content (AvgIpc) is 3.55. The van der Waals surface area contributed by atoms with E-state index in [1.165, 1.54) is 28.9 Å². The minimum absolute atomic E-state index is 0.205. The highest BCUT2D eigenvalue weighted by molar-refractivity contribution is 8.02. The SMILES string of the molecule is C[C@H]1[C@H](CNCCC(NC(=O)C2SCCN2S(=O)(=O)c2ccc(-c3ccccc3)cc2)c2ccccc2)C[C@@H]2C[C@@H]1C2(C)C. The molecule has 1 aliphatic heterocycles. The molecule has 2 bridgehead atoms. The highest BCUT2D eigenvalue weighted by Gasteiger charge is 2.55. The van der Waals surface area contributed by atoms with Crippen LogP contribution in [0.25, 0.3) is 11.1 Å². The first-order valence-electron chi connectivity index (χ1n) is 16.0. The van der Waals surface area contributed by atoms with Gasteiger partial charge in [0.25, 0.3) is 0 Å². The molecule has 3 aromatic carbocycles. The molecule has 1 amide bonds. The number of fused-ring (bicyclic) bond motifs is 2. The van der Waals surface area contributed by atoms with Crippen molar-refractivity contribution in [2.45, 2.75) is 56.3 Å². The Kier molecular flexibility index (Phi) is 9.25. The second-order valence-corrected chi connectivity index (χ2v) is 16.5. The fourth-order valence-electron chi connectivity index (χ4n) is 7.80. The molecule has 4 fully saturated rings. The molecule has 6 atom stereocenters. The zero-order valence-corrected chi connectivity index (χ0v) is 27.6. The Morgan fingerprint density at radius 3 is 2.27 bits per heavy atom. The number of thioether (sulfide) groups is 1. The zero-order valence-electron chi connectivity index (χ0n) is 26.0. The lowest BCUT2D eigenvalue weighted by Gasteiger charge is -2.62. The zero-order chi connectivity index (χ0) is 30.9. The standard InChI is InChI=1S/C36H45N3O3S2/c1-25-29(22-30-23-32(25)36(30,2)3)24-37-19-18-33(28-12-8-5-9-13-28)38-34(40)35-39(20-21-43-35)44(41,42)31-16-14-27(15-17-31)26-10-6-4-7-11-26/h4-17,25,29-30,32-33,35,37H,18-24H2,1-3H3,(H,38,40)/t25-,29-,30+,32-,33?,35?/m0/s1. The maximum Gasteiger partial charge on any atom is 0.249 e. The third-order valence-corrected chi connectivity index (χ3v) is 13.9. The lowest BCUT2D eigenvalue weighted by atomic mass is 9.43. The monoisotopic (exact) mass is 631 g/mol. The molecule has 44 heavy (non-hydrogen) atoms. The van der Waals surface area contributed by atoms with Gasteiger partial charge in [0, 0.05) is 12.3 Å². The van der Waals surface area contributed by atoms with Crippen molar-refractivity contribution < 1.29 is 13.2 Å². The molecule has 1 heterocycles. The Labute approximate surface area is 267 Å². The largest absolute Gasteiger partial charge is 0.347 e. The van der Waals surface area contributed by atoms with Crippen molar-refractivity contribution in [2.24, 2.45) is 29.1 Å². The van der Waals surface area contributed by atoms with Gasteiger partial charge >= 0.3 is 0 Å². The summed E-state index contributed by atoms with van der Waals surface area (Å²) in [6.07, 6.45) is 3.42. The van der Waals surface area contributed by atoms with Crippen molar-refractivity contribution in [3.8, 4) is 11.1 Å². The fourth-order valence-corrected chi connectivity index (χ4v) is 10.9. The summed E-state index contributed by atoms with van der Waals surface area (Å²) in [6.45, 7) is 9.41. The molecule has 3 saturated carbocycles. The van der Waals surface area contributed by atoms with Gasteiger partial charge < -0.3 is 10.6 Å². The van der Waals surface area contributed by atoms with Crippen LogP contribution in [0.2, 0.25) is 0 Å². The summed E-state index contributed by atoms with van der Waals surface area (Å²) >= 11 is 1.39. The van der Waals surface area contributed by atoms with Crippen molar-refractivity contribution >= 4 is 27.7 Å². The molecular weight excluding hydrogens is 587 g/mol. The molecule has 7 rings (SSSR count). The highest BCUT2D eigenvalue weighted by Crippen LogP contribution is 2.62. The van der Waals surface area contributed by atoms with Crippen LogP contribution in [0, 0.1) is 29.1 Å². The third kappa shape index (κ3) is 6.23. The Hall–Kier alpha value is -2.65. The lowest BCUT2D eigenvalue weighted by Crippen LogP contribution is -2.56. The van der Waals surface area contributed by atoms with Crippen LogP contribution in [-0.2, 0) is 14.8 Å². The summed E-state index contributed by atoms with van der Waals surface area (Å²) in [5.74, 6) is 3.43. The van der Waals surface area contributed by atoms with Crippen molar-refractivity contribution in [1.82, 2.24) is 14.9 Å². The molecule has 3 aromatic rings. The number of nitrogens with one attached hydrogen (secondary N) is 2. The van der Waals surface area contributed by atoms with Crippen LogP contribution in [0.3, 0.4) is 0 Å². The number of carbonyl (C=O) groups excluding carboxylic acids is 1. The summed E-state index contributed by atoms with van der Waals surface area (Å²) in [4.78, 5) is 13.9. The van der Waals surface area contributed by atoms with Crippen molar-refractivity contribution in [1.29, 1.82) is 0 Å². The smallest absolute Gasteiger partial charge is 0.249 e. The second kappa shape index (κ2) is 13.0. The maximum absolute atomic E-state index is 13.7. The first-order valence-corrected chi connectivity index (χ1v) is 18.5. The predicted octanol–water partition coefficient (Wildman–Crippen LogP) is 6.57. The van der Waals surface area contributed by atoms with E-state index in [-0.39, 0.29) is 16.8 Å². The number of hydrogen-bond acceptors (Lipinski definition) is 5. The Balaban J connectivity index is 1.09. The molecule has 2 N–H and O–H groups in total. The summed E-state index contributed by atoms with van der Waals surface area (Å²) in [5.41, 5.74) is 3.50. The van der Waals surface area contributed by atoms with Crippen LogP contribution in [0.5, 0.6) is 0 Å². The van der Waals surface area contributed by atoms with Crippen LogP contribution < -0.4 is 10.6 Å². The van der Waals surface area contributed by atoms with Gasteiger partial charge in [-0.3, -0.25) is 4.79 Å².